The van der Waals surface area contributed by atoms with Crippen LogP contribution in [0.3, 0.4) is 0 Å². The SMILES string of the molecule is Cc1nc(C)c(C#N)cc1C#N. The highest BCUT2D eigenvalue weighted by Crippen LogP contribution is 2.09. The molecule has 1 aromatic heterocycles. The normalized spacial score (nSPS) is 8.67. The van der Waals surface area contributed by atoms with Crippen molar-refractivity contribution in [3.8, 4) is 12.1 Å². The van der Waals surface area contributed by atoms with Gasteiger partial charge in [-0.15, -0.1) is 0 Å². The van der Waals surface area contributed by atoms with Gasteiger partial charge in [-0.2, -0.15) is 10.5 Å². The predicted octanol–water partition coefficient (Wildman–Crippen LogP) is 1.44. The summed E-state index contributed by atoms with van der Waals surface area (Å²) in [6.45, 7) is 3.51. The summed E-state index contributed by atoms with van der Waals surface area (Å²) < 4.78 is 0. The lowest BCUT2D eigenvalue weighted by Crippen LogP contribution is -1.94. The van der Waals surface area contributed by atoms with E-state index in [4.69, 9.17) is 10.5 Å². The van der Waals surface area contributed by atoms with Gasteiger partial charge in [-0.05, 0) is 19.9 Å². The molecule has 58 valence electrons. The summed E-state index contributed by atoms with van der Waals surface area (Å²) in [5, 5.41) is 17.3. The summed E-state index contributed by atoms with van der Waals surface area (Å²) in [4.78, 5) is 4.07. The Balaban J connectivity index is 3.42. The van der Waals surface area contributed by atoms with Crippen molar-refractivity contribution in [2.75, 3.05) is 0 Å². The van der Waals surface area contributed by atoms with Crippen molar-refractivity contribution in [2.24, 2.45) is 0 Å². The first-order chi connectivity index (χ1) is 5.69. The van der Waals surface area contributed by atoms with Crippen LogP contribution in [0.2, 0.25) is 0 Å². The van der Waals surface area contributed by atoms with Crippen LogP contribution in [-0.2, 0) is 0 Å². The molecule has 0 spiro atoms. The topological polar surface area (TPSA) is 60.5 Å². The fourth-order valence-electron chi connectivity index (χ4n) is 0.952. The number of hydrogen-bond donors (Lipinski definition) is 0. The van der Waals surface area contributed by atoms with E-state index in [-0.39, 0.29) is 0 Å². The molecule has 1 rings (SSSR count). The number of nitrogens with zero attached hydrogens (tertiary/aromatic N) is 3. The first-order valence-electron chi connectivity index (χ1n) is 3.47. The number of nitriles is 2. The monoisotopic (exact) mass is 157 g/mol. The third-order valence-electron chi connectivity index (χ3n) is 1.64. The van der Waals surface area contributed by atoms with Crippen LogP contribution in [0.5, 0.6) is 0 Å². The third kappa shape index (κ3) is 1.26. The zero-order chi connectivity index (χ0) is 9.14. The van der Waals surface area contributed by atoms with Gasteiger partial charge < -0.3 is 0 Å². The first kappa shape index (κ1) is 8.23. The second-order valence-electron chi connectivity index (χ2n) is 2.48. The van der Waals surface area contributed by atoms with Crippen LogP contribution in [-0.4, -0.2) is 4.98 Å². The first-order valence-corrected chi connectivity index (χ1v) is 3.47. The van der Waals surface area contributed by atoms with Crippen molar-refractivity contribution in [3.05, 3.63) is 28.6 Å². The molecule has 1 aromatic rings. The van der Waals surface area contributed by atoms with Crippen molar-refractivity contribution in [1.29, 1.82) is 10.5 Å². The van der Waals surface area contributed by atoms with E-state index in [0.29, 0.717) is 22.5 Å². The standard InChI is InChI=1S/C9H7N3/c1-6-8(4-10)3-9(5-11)7(2)12-6/h3H,1-2H3. The lowest BCUT2D eigenvalue weighted by atomic mass is 10.1. The van der Waals surface area contributed by atoms with Gasteiger partial charge in [0.2, 0.25) is 0 Å². The Morgan fingerprint density at radius 3 is 1.83 bits per heavy atom. The van der Waals surface area contributed by atoms with Gasteiger partial charge in [-0.3, -0.25) is 4.98 Å². The Labute approximate surface area is 70.9 Å². The molecule has 0 bridgehead atoms. The highest BCUT2D eigenvalue weighted by Gasteiger charge is 2.03. The van der Waals surface area contributed by atoms with Crippen LogP contribution in [0.4, 0.5) is 0 Å². The maximum atomic E-state index is 8.63. The summed E-state index contributed by atoms with van der Waals surface area (Å²) in [6.07, 6.45) is 0. The number of pyridine rings is 1. The van der Waals surface area contributed by atoms with Crippen LogP contribution in [0.1, 0.15) is 22.5 Å². The molecule has 0 aromatic carbocycles. The van der Waals surface area contributed by atoms with Crippen LogP contribution < -0.4 is 0 Å². The van der Waals surface area contributed by atoms with E-state index in [2.05, 4.69) is 4.98 Å². The molecule has 0 saturated carbocycles. The molecule has 0 aliphatic carbocycles. The highest BCUT2D eigenvalue weighted by molar-refractivity contribution is 5.43. The quantitative estimate of drug-likeness (QED) is 0.572. The van der Waals surface area contributed by atoms with Gasteiger partial charge in [0.05, 0.1) is 22.5 Å². The molecule has 0 atom stereocenters. The number of aryl methyl sites for hydroxylation is 2. The van der Waals surface area contributed by atoms with Gasteiger partial charge >= 0.3 is 0 Å². The van der Waals surface area contributed by atoms with Gasteiger partial charge in [0.1, 0.15) is 12.1 Å². The second-order valence-corrected chi connectivity index (χ2v) is 2.48. The third-order valence-corrected chi connectivity index (χ3v) is 1.64. The molecule has 0 aliphatic rings. The van der Waals surface area contributed by atoms with Gasteiger partial charge in [0.25, 0.3) is 0 Å². The molecule has 1 heterocycles. The summed E-state index contributed by atoms with van der Waals surface area (Å²) in [5.74, 6) is 0. The summed E-state index contributed by atoms with van der Waals surface area (Å²) in [7, 11) is 0. The van der Waals surface area contributed by atoms with E-state index in [1.165, 1.54) is 0 Å². The molecule has 0 radical (unpaired) electrons. The predicted molar refractivity (Wildman–Crippen MR) is 43.1 cm³/mol. The lowest BCUT2D eigenvalue weighted by Gasteiger charge is -1.99. The average molecular weight is 157 g/mol. The van der Waals surface area contributed by atoms with Crippen molar-refractivity contribution in [3.63, 3.8) is 0 Å². The van der Waals surface area contributed by atoms with E-state index in [1.807, 2.05) is 12.1 Å². The number of hydrogen-bond acceptors (Lipinski definition) is 3. The molecule has 0 aliphatic heterocycles. The fourth-order valence-corrected chi connectivity index (χ4v) is 0.952. The van der Waals surface area contributed by atoms with Gasteiger partial charge in [0, 0.05) is 0 Å². The van der Waals surface area contributed by atoms with Gasteiger partial charge in [0.15, 0.2) is 0 Å². The molecule has 0 fully saturated rings. The minimum atomic E-state index is 0.470. The second kappa shape index (κ2) is 3.02. The average Bonchev–Trinajstić information content (AvgIpc) is 2.05. The van der Waals surface area contributed by atoms with Crippen molar-refractivity contribution < 1.29 is 0 Å². The molecular formula is C9H7N3. The molecule has 0 saturated heterocycles. The largest absolute Gasteiger partial charge is 0.256 e. The Kier molecular flexibility index (Phi) is 2.07. The van der Waals surface area contributed by atoms with E-state index >= 15 is 0 Å². The van der Waals surface area contributed by atoms with Gasteiger partial charge in [-0.1, -0.05) is 0 Å². The maximum absolute atomic E-state index is 8.63. The van der Waals surface area contributed by atoms with Crippen LogP contribution >= 0.6 is 0 Å². The van der Waals surface area contributed by atoms with E-state index < -0.39 is 0 Å². The summed E-state index contributed by atoms with van der Waals surface area (Å²) in [6, 6.07) is 5.53. The van der Waals surface area contributed by atoms with Crippen molar-refractivity contribution >= 4 is 0 Å². The van der Waals surface area contributed by atoms with E-state index in [1.54, 1.807) is 19.9 Å². The Morgan fingerprint density at radius 1 is 1.08 bits per heavy atom. The lowest BCUT2D eigenvalue weighted by molar-refractivity contribution is 1.10. The van der Waals surface area contributed by atoms with Crippen LogP contribution in [0.25, 0.3) is 0 Å². The molecule has 0 amide bonds. The fraction of sp³-hybridized carbons (Fsp3) is 0.222. The smallest absolute Gasteiger partial charge is 0.101 e. The molecule has 0 unspecified atom stereocenters. The Bertz CT molecular complexity index is 358. The number of aromatic nitrogens is 1. The zero-order valence-electron chi connectivity index (χ0n) is 6.92. The Hall–Kier alpha value is -1.87. The van der Waals surface area contributed by atoms with Crippen LogP contribution in [0, 0.1) is 36.5 Å². The van der Waals surface area contributed by atoms with Crippen LogP contribution in [0.15, 0.2) is 6.07 Å². The molecule has 3 nitrogen and oxygen atoms in total. The summed E-state index contributed by atoms with van der Waals surface area (Å²) >= 11 is 0. The van der Waals surface area contributed by atoms with Crippen molar-refractivity contribution in [2.45, 2.75) is 13.8 Å². The maximum Gasteiger partial charge on any atom is 0.101 e. The molecular weight excluding hydrogens is 150 g/mol. The molecule has 12 heavy (non-hydrogen) atoms. The zero-order valence-corrected chi connectivity index (χ0v) is 6.92. The number of rotatable bonds is 0. The minimum Gasteiger partial charge on any atom is -0.256 e. The van der Waals surface area contributed by atoms with Gasteiger partial charge in [-0.25, -0.2) is 0 Å². The summed E-state index contributed by atoms with van der Waals surface area (Å²) in [5.41, 5.74) is 2.29. The van der Waals surface area contributed by atoms with E-state index in [0.717, 1.165) is 0 Å². The molecule has 3 heteroatoms. The minimum absolute atomic E-state index is 0.470. The van der Waals surface area contributed by atoms with E-state index in [9.17, 15) is 0 Å². The Morgan fingerprint density at radius 2 is 1.50 bits per heavy atom. The highest BCUT2D eigenvalue weighted by atomic mass is 14.7. The molecule has 0 N–H and O–H groups in total. The van der Waals surface area contributed by atoms with Crippen molar-refractivity contribution in [1.82, 2.24) is 4.98 Å².